The number of amides is 1. The Hall–Kier alpha value is -3.02. The van der Waals surface area contributed by atoms with Crippen LogP contribution in [0.2, 0.25) is 0 Å². The second-order valence-electron chi connectivity index (χ2n) is 7.59. The molecule has 0 spiro atoms. The number of carboxylic acid groups (broad SMARTS) is 1. The number of fused-ring (bicyclic) bond motifs is 2. The Morgan fingerprint density at radius 2 is 1.76 bits per heavy atom. The number of benzene rings is 2. The summed E-state index contributed by atoms with van der Waals surface area (Å²) in [6.07, 6.45) is 2.17. The lowest BCUT2D eigenvalue weighted by Crippen LogP contribution is -2.43. The molecular formula is C23H25NO5. The largest absolute Gasteiger partial charge is 0.493 e. The first-order chi connectivity index (χ1) is 14.0. The van der Waals surface area contributed by atoms with Crippen LogP contribution >= 0.6 is 0 Å². The average molecular weight is 395 g/mol. The molecule has 0 saturated heterocycles. The van der Waals surface area contributed by atoms with Crippen molar-refractivity contribution in [3.8, 4) is 11.5 Å². The van der Waals surface area contributed by atoms with Crippen molar-refractivity contribution in [2.45, 2.75) is 37.6 Å². The molecule has 2 unspecified atom stereocenters. The molecule has 152 valence electrons. The molecule has 1 aliphatic heterocycles. The summed E-state index contributed by atoms with van der Waals surface area (Å²) in [6, 6.07) is 11.2. The van der Waals surface area contributed by atoms with E-state index in [2.05, 4.69) is 6.07 Å². The number of methoxy groups -OCH3 is 2. The molecule has 1 N–H and O–H groups in total. The average Bonchev–Trinajstić information content (AvgIpc) is 3.16. The monoisotopic (exact) mass is 395 g/mol. The van der Waals surface area contributed by atoms with Gasteiger partial charge in [0.1, 0.15) is 0 Å². The van der Waals surface area contributed by atoms with Crippen molar-refractivity contribution in [3.63, 3.8) is 0 Å². The van der Waals surface area contributed by atoms with E-state index in [1.165, 1.54) is 5.56 Å². The van der Waals surface area contributed by atoms with Gasteiger partial charge in [-0.25, -0.2) is 0 Å². The summed E-state index contributed by atoms with van der Waals surface area (Å²) in [5.41, 5.74) is 4.12. The molecule has 0 aromatic heterocycles. The van der Waals surface area contributed by atoms with Crippen molar-refractivity contribution >= 4 is 11.9 Å². The van der Waals surface area contributed by atoms with Gasteiger partial charge in [0.2, 0.25) is 5.91 Å². The first-order valence-corrected chi connectivity index (χ1v) is 9.88. The molecule has 4 rings (SSSR count). The van der Waals surface area contributed by atoms with E-state index in [0.29, 0.717) is 24.5 Å². The van der Waals surface area contributed by atoms with Crippen molar-refractivity contribution in [2.75, 3.05) is 20.8 Å². The molecule has 0 fully saturated rings. The van der Waals surface area contributed by atoms with E-state index in [1.54, 1.807) is 19.1 Å². The lowest BCUT2D eigenvalue weighted by molar-refractivity contribution is -0.142. The zero-order chi connectivity index (χ0) is 20.5. The number of carbonyl (C=O) groups is 2. The molecule has 0 radical (unpaired) electrons. The van der Waals surface area contributed by atoms with Gasteiger partial charge in [-0.05, 0) is 53.6 Å². The Kier molecular flexibility index (Phi) is 5.18. The van der Waals surface area contributed by atoms with Gasteiger partial charge in [0, 0.05) is 6.54 Å². The maximum Gasteiger partial charge on any atom is 0.305 e. The van der Waals surface area contributed by atoms with Crippen LogP contribution in [0, 0.1) is 0 Å². The number of ether oxygens (including phenoxy) is 2. The second-order valence-corrected chi connectivity index (χ2v) is 7.59. The van der Waals surface area contributed by atoms with Crippen LogP contribution < -0.4 is 9.47 Å². The summed E-state index contributed by atoms with van der Waals surface area (Å²) in [7, 11) is 3.13. The van der Waals surface area contributed by atoms with Crippen LogP contribution in [0.4, 0.5) is 0 Å². The zero-order valence-electron chi connectivity index (χ0n) is 16.7. The number of hydrogen-bond donors (Lipinski definition) is 1. The molecule has 1 amide bonds. The summed E-state index contributed by atoms with van der Waals surface area (Å²) < 4.78 is 10.8. The normalized spacial score (nSPS) is 20.0. The third-order valence-corrected chi connectivity index (χ3v) is 6.08. The van der Waals surface area contributed by atoms with E-state index in [0.717, 1.165) is 29.5 Å². The fraction of sp³-hybridized carbons (Fsp3) is 0.391. The van der Waals surface area contributed by atoms with Gasteiger partial charge in [0.05, 0.1) is 32.6 Å². The number of rotatable bonds is 5. The number of nitrogens with zero attached hydrogens (tertiary/aromatic N) is 1. The Bertz CT molecular complexity index is 954. The van der Waals surface area contributed by atoms with Crippen LogP contribution in [-0.4, -0.2) is 42.6 Å². The summed E-state index contributed by atoms with van der Waals surface area (Å²) in [4.78, 5) is 26.9. The standard InChI is InChI=1S/C23H25NO5/c1-28-20-11-15-9-10-24(19(13-22(25)26)18(15)12-21(20)29-2)23(27)17-8-7-14-5-3-4-6-16(14)17/h3-6,11-12,17,19H,7-10,13H2,1-2H3,(H,25,26). The molecule has 2 aromatic rings. The van der Waals surface area contributed by atoms with Crippen LogP contribution in [0.1, 0.15) is 47.1 Å². The molecule has 1 aliphatic carbocycles. The number of carbonyl (C=O) groups excluding carboxylic acids is 1. The maximum atomic E-state index is 13.5. The Labute approximate surface area is 170 Å². The van der Waals surface area contributed by atoms with Crippen LogP contribution in [0.3, 0.4) is 0 Å². The van der Waals surface area contributed by atoms with E-state index in [-0.39, 0.29) is 18.2 Å². The van der Waals surface area contributed by atoms with Gasteiger partial charge in [0.15, 0.2) is 11.5 Å². The predicted molar refractivity (Wildman–Crippen MR) is 107 cm³/mol. The van der Waals surface area contributed by atoms with Gasteiger partial charge >= 0.3 is 5.97 Å². The minimum absolute atomic E-state index is 0.0154. The van der Waals surface area contributed by atoms with Gasteiger partial charge in [-0.2, -0.15) is 0 Å². The number of aryl methyl sites for hydroxylation is 1. The van der Waals surface area contributed by atoms with Gasteiger partial charge in [-0.1, -0.05) is 24.3 Å². The Morgan fingerprint density at radius 3 is 2.48 bits per heavy atom. The minimum Gasteiger partial charge on any atom is -0.493 e. The molecule has 29 heavy (non-hydrogen) atoms. The first kappa shape index (κ1) is 19.3. The highest BCUT2D eigenvalue weighted by Crippen LogP contribution is 2.42. The summed E-state index contributed by atoms with van der Waals surface area (Å²) >= 11 is 0. The van der Waals surface area contributed by atoms with Crippen LogP contribution in [-0.2, 0) is 22.4 Å². The highest BCUT2D eigenvalue weighted by atomic mass is 16.5. The van der Waals surface area contributed by atoms with Crippen LogP contribution in [0.25, 0.3) is 0 Å². The van der Waals surface area contributed by atoms with Crippen molar-refractivity contribution in [1.29, 1.82) is 0 Å². The summed E-state index contributed by atoms with van der Waals surface area (Å²) in [6.45, 7) is 0.498. The summed E-state index contributed by atoms with van der Waals surface area (Å²) in [5.74, 6) is 0.0417. The van der Waals surface area contributed by atoms with Crippen LogP contribution in [0.5, 0.6) is 11.5 Å². The van der Waals surface area contributed by atoms with Gasteiger partial charge < -0.3 is 19.5 Å². The molecular weight excluding hydrogens is 370 g/mol. The second kappa shape index (κ2) is 7.78. The van der Waals surface area contributed by atoms with E-state index in [9.17, 15) is 14.7 Å². The minimum atomic E-state index is -0.928. The molecule has 6 nitrogen and oxygen atoms in total. The molecule has 2 aromatic carbocycles. The lowest BCUT2D eigenvalue weighted by Gasteiger charge is -2.38. The maximum absolute atomic E-state index is 13.5. The molecule has 2 aliphatic rings. The van der Waals surface area contributed by atoms with Crippen molar-refractivity contribution in [2.24, 2.45) is 0 Å². The van der Waals surface area contributed by atoms with Gasteiger partial charge in [-0.3, -0.25) is 9.59 Å². The number of aliphatic carboxylic acids is 1. The smallest absolute Gasteiger partial charge is 0.305 e. The fourth-order valence-corrected chi connectivity index (χ4v) is 4.69. The van der Waals surface area contributed by atoms with Gasteiger partial charge in [-0.15, -0.1) is 0 Å². The summed E-state index contributed by atoms with van der Waals surface area (Å²) in [5, 5.41) is 9.55. The Morgan fingerprint density at radius 1 is 1.03 bits per heavy atom. The van der Waals surface area contributed by atoms with Crippen molar-refractivity contribution < 1.29 is 24.2 Å². The third kappa shape index (κ3) is 3.43. The number of carboxylic acids is 1. The predicted octanol–water partition coefficient (Wildman–Crippen LogP) is 3.33. The quantitative estimate of drug-likeness (QED) is 0.840. The highest BCUT2D eigenvalue weighted by Gasteiger charge is 2.38. The molecule has 6 heteroatoms. The van der Waals surface area contributed by atoms with E-state index in [4.69, 9.17) is 9.47 Å². The fourth-order valence-electron chi connectivity index (χ4n) is 4.69. The molecule has 0 saturated carbocycles. The highest BCUT2D eigenvalue weighted by molar-refractivity contribution is 5.86. The van der Waals surface area contributed by atoms with E-state index < -0.39 is 12.0 Å². The Balaban J connectivity index is 1.71. The van der Waals surface area contributed by atoms with Gasteiger partial charge in [0.25, 0.3) is 0 Å². The first-order valence-electron chi connectivity index (χ1n) is 9.88. The third-order valence-electron chi connectivity index (χ3n) is 6.08. The number of hydrogen-bond acceptors (Lipinski definition) is 4. The molecule has 0 bridgehead atoms. The van der Waals surface area contributed by atoms with Crippen molar-refractivity contribution in [1.82, 2.24) is 4.90 Å². The van der Waals surface area contributed by atoms with E-state index >= 15 is 0 Å². The lowest BCUT2D eigenvalue weighted by atomic mass is 9.88. The molecule has 1 heterocycles. The SMILES string of the molecule is COc1cc2c(cc1OC)C(CC(=O)O)N(C(=O)C1CCc3ccccc31)CC2. The molecule has 2 atom stereocenters. The van der Waals surface area contributed by atoms with Crippen molar-refractivity contribution in [3.05, 3.63) is 58.7 Å². The zero-order valence-corrected chi connectivity index (χ0v) is 16.7. The topological polar surface area (TPSA) is 76.1 Å². The van der Waals surface area contributed by atoms with Crippen LogP contribution in [0.15, 0.2) is 36.4 Å². The van der Waals surface area contributed by atoms with E-state index in [1.807, 2.05) is 30.3 Å².